The van der Waals surface area contributed by atoms with Crippen LogP contribution in [0.2, 0.25) is 0 Å². The molecule has 0 radical (unpaired) electrons. The molecule has 1 saturated heterocycles. The van der Waals surface area contributed by atoms with Crippen molar-refractivity contribution in [2.24, 2.45) is 5.73 Å². The van der Waals surface area contributed by atoms with Gasteiger partial charge in [0.25, 0.3) is 11.8 Å². The minimum Gasteiger partial charge on any atom is -0.364 e. The van der Waals surface area contributed by atoms with Gasteiger partial charge in [0.15, 0.2) is 5.69 Å². The van der Waals surface area contributed by atoms with Crippen LogP contribution < -0.4 is 16.9 Å². The summed E-state index contributed by atoms with van der Waals surface area (Å²) in [4.78, 5) is 35.5. The number of halogens is 1. The lowest BCUT2D eigenvalue weighted by Gasteiger charge is -2.21. The fourth-order valence-corrected chi connectivity index (χ4v) is 4.05. The molecule has 0 saturated carbocycles. The highest BCUT2D eigenvalue weighted by Crippen LogP contribution is 2.33. The Morgan fingerprint density at radius 1 is 1.26 bits per heavy atom. The van der Waals surface area contributed by atoms with Crippen molar-refractivity contribution < 1.29 is 14.0 Å². The number of carbonyl (C=O) groups excluding carboxylic acids is 2. The number of primary amides is 1. The van der Waals surface area contributed by atoms with Gasteiger partial charge >= 0.3 is 0 Å². The van der Waals surface area contributed by atoms with E-state index in [0.717, 1.165) is 25.5 Å². The van der Waals surface area contributed by atoms with E-state index >= 15 is 0 Å². The summed E-state index contributed by atoms with van der Waals surface area (Å²) in [6, 6.07) is 8.68. The fourth-order valence-electron chi connectivity index (χ4n) is 4.05. The van der Waals surface area contributed by atoms with Crippen molar-refractivity contribution in [3.05, 3.63) is 65.5 Å². The van der Waals surface area contributed by atoms with Gasteiger partial charge < -0.3 is 16.9 Å². The summed E-state index contributed by atoms with van der Waals surface area (Å²) >= 11 is 0. The number of anilines is 1. The molecule has 0 bridgehead atoms. The second-order valence-electron chi connectivity index (χ2n) is 7.85. The smallest absolute Gasteiger partial charge is 0.269 e. The number of amides is 2. The van der Waals surface area contributed by atoms with E-state index in [9.17, 15) is 14.0 Å². The Balaban J connectivity index is 1.62. The number of hydrogen-bond acceptors (Lipinski definition) is 6. The summed E-state index contributed by atoms with van der Waals surface area (Å²) in [6.07, 6.45) is 3.07. The van der Waals surface area contributed by atoms with Crippen LogP contribution in [0.15, 0.2) is 42.6 Å². The van der Waals surface area contributed by atoms with Gasteiger partial charge in [0.2, 0.25) is 0 Å². The highest BCUT2D eigenvalue weighted by atomic mass is 19.1. The number of nitrogens with two attached hydrogens (primary N) is 2. The Hall–Kier alpha value is -4.23. The third-order valence-electron chi connectivity index (χ3n) is 5.68. The number of nitrogen functional groups attached to an aromatic ring is 1. The molecule has 1 aliphatic heterocycles. The topological polar surface area (TPSA) is 132 Å². The highest BCUT2D eigenvalue weighted by molar-refractivity contribution is 6.04. The number of nitrogens with zero attached hydrogens (tertiary/aromatic N) is 4. The molecule has 1 aromatic carbocycles. The van der Waals surface area contributed by atoms with E-state index in [1.165, 1.54) is 16.9 Å². The van der Waals surface area contributed by atoms with E-state index in [1.54, 1.807) is 31.2 Å². The predicted octanol–water partition coefficient (Wildman–Crippen LogP) is 2.31. The molecular formula is C24H24FN7O2. The summed E-state index contributed by atoms with van der Waals surface area (Å²) in [7, 11) is 0. The van der Waals surface area contributed by atoms with E-state index in [0.29, 0.717) is 29.2 Å². The van der Waals surface area contributed by atoms with Gasteiger partial charge in [-0.15, -0.1) is 5.92 Å². The highest BCUT2D eigenvalue weighted by Gasteiger charge is 2.32. The van der Waals surface area contributed by atoms with E-state index in [-0.39, 0.29) is 17.6 Å². The molecule has 9 nitrogen and oxygen atoms in total. The molecule has 2 amide bonds. The molecular weight excluding hydrogens is 437 g/mol. The van der Waals surface area contributed by atoms with Gasteiger partial charge in [-0.2, -0.15) is 0 Å². The lowest BCUT2D eigenvalue weighted by Crippen LogP contribution is -2.30. The first kappa shape index (κ1) is 22.9. The molecule has 1 fully saturated rings. The van der Waals surface area contributed by atoms with Crippen molar-refractivity contribution in [3.63, 3.8) is 0 Å². The molecule has 34 heavy (non-hydrogen) atoms. The first-order valence-corrected chi connectivity index (χ1v) is 10.7. The standard InChI is InChI=1S/C24H24FN7O2/c1-2-3-12-31-13-4-5-18(31)23-30-20(21(22(26)33)32(23)27)15-6-8-16(9-7-15)24(34)29-19-14-17(25)10-11-28-19/h6-11,14,18H,4-5,12-13,27H2,1H3,(H2,26,33)(H,28,29,34)/t18-/m0/s1. The molecule has 3 heterocycles. The zero-order valence-corrected chi connectivity index (χ0v) is 18.6. The number of pyridine rings is 1. The number of nitrogens with one attached hydrogen (secondary N) is 1. The third kappa shape index (κ3) is 4.60. The Morgan fingerprint density at radius 3 is 2.71 bits per heavy atom. The van der Waals surface area contributed by atoms with Crippen LogP contribution in [0.3, 0.4) is 0 Å². The Bertz CT molecular complexity index is 1290. The summed E-state index contributed by atoms with van der Waals surface area (Å²) in [5, 5.41) is 2.54. The van der Waals surface area contributed by atoms with Gasteiger partial charge in [-0.05, 0) is 44.5 Å². The first-order chi connectivity index (χ1) is 16.4. The lowest BCUT2D eigenvalue weighted by atomic mass is 10.1. The van der Waals surface area contributed by atoms with Crippen molar-refractivity contribution in [1.29, 1.82) is 0 Å². The molecule has 5 N–H and O–H groups in total. The molecule has 1 aliphatic rings. The maximum atomic E-state index is 13.3. The van der Waals surface area contributed by atoms with E-state index < -0.39 is 17.6 Å². The molecule has 0 unspecified atom stereocenters. The Kier molecular flexibility index (Phi) is 6.56. The van der Waals surface area contributed by atoms with Crippen molar-refractivity contribution >= 4 is 17.6 Å². The minimum absolute atomic E-state index is 0.0819. The maximum Gasteiger partial charge on any atom is 0.269 e. The fraction of sp³-hybridized carbons (Fsp3) is 0.250. The molecule has 3 aromatic rings. The van der Waals surface area contributed by atoms with Crippen molar-refractivity contribution in [2.75, 3.05) is 24.2 Å². The number of carbonyl (C=O) groups is 2. The summed E-state index contributed by atoms with van der Waals surface area (Å²) in [6.45, 7) is 3.23. The number of aromatic nitrogens is 3. The first-order valence-electron chi connectivity index (χ1n) is 10.7. The van der Waals surface area contributed by atoms with Crippen LogP contribution in [0.5, 0.6) is 0 Å². The molecule has 2 aromatic heterocycles. The number of benzene rings is 1. The average Bonchev–Trinajstić information content (AvgIpc) is 3.41. The van der Waals surface area contributed by atoms with Crippen LogP contribution in [0, 0.1) is 17.7 Å². The Morgan fingerprint density at radius 2 is 2.03 bits per heavy atom. The van der Waals surface area contributed by atoms with E-state index in [4.69, 9.17) is 11.6 Å². The Labute approximate surface area is 195 Å². The zero-order valence-electron chi connectivity index (χ0n) is 18.6. The van der Waals surface area contributed by atoms with Crippen molar-refractivity contribution in [3.8, 4) is 23.1 Å². The number of rotatable bonds is 6. The largest absolute Gasteiger partial charge is 0.364 e. The minimum atomic E-state index is -0.701. The SMILES string of the molecule is CC#CCN1CCC[C@H]1c1nc(-c2ccc(C(=O)Nc3cc(F)ccn3)cc2)c(C(N)=O)n1N. The van der Waals surface area contributed by atoms with E-state index in [2.05, 4.69) is 32.0 Å². The van der Waals surface area contributed by atoms with Gasteiger partial charge in [-0.3, -0.25) is 14.5 Å². The summed E-state index contributed by atoms with van der Waals surface area (Å²) < 4.78 is 14.6. The summed E-state index contributed by atoms with van der Waals surface area (Å²) in [5.74, 6) is 11.2. The second kappa shape index (κ2) is 9.72. The monoisotopic (exact) mass is 461 g/mol. The molecule has 10 heteroatoms. The van der Waals surface area contributed by atoms with Crippen LogP contribution in [0.4, 0.5) is 10.2 Å². The van der Waals surface area contributed by atoms with Gasteiger partial charge in [-0.1, -0.05) is 18.1 Å². The van der Waals surface area contributed by atoms with Crippen molar-refractivity contribution in [1.82, 2.24) is 19.5 Å². The van der Waals surface area contributed by atoms with Crippen LogP contribution in [-0.4, -0.2) is 44.4 Å². The van der Waals surface area contributed by atoms with Crippen LogP contribution in [-0.2, 0) is 0 Å². The molecule has 0 spiro atoms. The summed E-state index contributed by atoms with van der Waals surface area (Å²) in [5.41, 5.74) is 6.97. The van der Waals surface area contributed by atoms with Crippen molar-refractivity contribution in [2.45, 2.75) is 25.8 Å². The van der Waals surface area contributed by atoms with Gasteiger partial charge in [0.1, 0.15) is 23.2 Å². The van der Waals surface area contributed by atoms with Gasteiger partial charge in [0, 0.05) is 23.4 Å². The van der Waals surface area contributed by atoms with Gasteiger partial charge in [0.05, 0.1) is 12.6 Å². The molecule has 1 atom stereocenters. The number of hydrogen-bond donors (Lipinski definition) is 3. The van der Waals surface area contributed by atoms with Crippen LogP contribution >= 0.6 is 0 Å². The molecule has 174 valence electrons. The average molecular weight is 462 g/mol. The molecule has 4 rings (SSSR count). The molecule has 0 aliphatic carbocycles. The zero-order chi connectivity index (χ0) is 24.2. The third-order valence-corrected chi connectivity index (χ3v) is 5.68. The maximum absolute atomic E-state index is 13.3. The van der Waals surface area contributed by atoms with Crippen LogP contribution in [0.25, 0.3) is 11.3 Å². The quantitative estimate of drug-likeness (QED) is 0.381. The lowest BCUT2D eigenvalue weighted by molar-refractivity contribution is 0.0991. The second-order valence-corrected chi connectivity index (χ2v) is 7.85. The predicted molar refractivity (Wildman–Crippen MR) is 125 cm³/mol. The van der Waals surface area contributed by atoms with Gasteiger partial charge in [-0.25, -0.2) is 19.0 Å². The van der Waals surface area contributed by atoms with Crippen LogP contribution in [0.1, 0.15) is 52.5 Å². The van der Waals surface area contributed by atoms with E-state index in [1.807, 2.05) is 0 Å². The number of imidazole rings is 1. The normalized spacial score (nSPS) is 15.5. The number of likely N-dealkylation sites (tertiary alicyclic amines) is 1.